The fourth-order valence-electron chi connectivity index (χ4n) is 4.34. The Balaban J connectivity index is 2.01. The maximum Gasteiger partial charge on any atom is 0.380 e. The molecule has 1 fully saturated rings. The minimum absolute atomic E-state index is 0.0838. The van der Waals surface area contributed by atoms with Crippen LogP contribution in [-0.2, 0) is 34.8 Å². The van der Waals surface area contributed by atoms with Crippen LogP contribution in [0, 0.1) is 0 Å². The minimum atomic E-state index is -1.85. The Morgan fingerprint density at radius 3 is 2.31 bits per heavy atom. The number of hydrogen-bond donors (Lipinski definition) is 1. The maximum atomic E-state index is 12.6. The zero-order chi connectivity index (χ0) is 26.7. The van der Waals surface area contributed by atoms with Crippen LogP contribution in [0.2, 0.25) is 19.6 Å². The molecule has 0 bridgehead atoms. The van der Waals surface area contributed by atoms with Crippen LogP contribution in [0.4, 0.5) is 0 Å². The van der Waals surface area contributed by atoms with Crippen LogP contribution in [0.15, 0.2) is 24.3 Å². The predicted molar refractivity (Wildman–Crippen MR) is 152 cm³/mol. The summed E-state index contributed by atoms with van der Waals surface area (Å²) < 4.78 is 29.7. The summed E-state index contributed by atoms with van der Waals surface area (Å²) in [6.07, 6.45) is 1.97. The quantitative estimate of drug-likeness (QED) is 0.177. The van der Waals surface area contributed by atoms with Crippen LogP contribution in [-0.4, -0.2) is 63.9 Å². The van der Waals surface area contributed by atoms with E-state index in [1.807, 2.05) is 24.3 Å². The Hall–Kier alpha value is -0.738. The normalized spacial score (nSPS) is 20.1. The summed E-state index contributed by atoms with van der Waals surface area (Å²) in [5.41, 5.74) is 1.04. The minimum Gasteiger partial charge on any atom is -0.497 e. The molecule has 0 aliphatic carbocycles. The van der Waals surface area contributed by atoms with Crippen molar-refractivity contribution in [3.05, 3.63) is 29.8 Å². The van der Waals surface area contributed by atoms with E-state index < -0.39 is 8.32 Å². The molecule has 1 unspecified atom stereocenters. The average molecular weight is 557 g/mol. The van der Waals surface area contributed by atoms with Crippen molar-refractivity contribution in [2.45, 2.75) is 96.1 Å². The number of rotatable bonds is 16. The SMILES string of the molecule is COc1ccc(CO[C@@H](CCOB(P)S)C[C@@H]2CC(=O)C[C@H](C[C@H](CC(C)=O)O[Si](C)(C)C)O2)cc1. The third-order valence-corrected chi connectivity index (χ3v) is 7.14. The highest BCUT2D eigenvalue weighted by molar-refractivity contribution is 8.23. The number of methoxy groups -OCH3 is 1. The topological polar surface area (TPSA) is 80.3 Å². The molecule has 1 saturated heterocycles. The van der Waals surface area contributed by atoms with Gasteiger partial charge >= 0.3 is 5.91 Å². The standard InChI is InChI=1S/C25H42BO7PSSi/c1-18(27)12-25(33-36(3,4)5)16-24-14-20(28)13-23(32-24)15-22(10-11-31-26(34)35)30-17-19-6-8-21(29-2)9-7-19/h6-9,22-25,35H,10-17,34H2,1-5H3/t22-,23-,24+,25-/m0/s1. The van der Waals surface area contributed by atoms with Gasteiger partial charge in [-0.2, -0.15) is 12.5 Å². The molecule has 1 aliphatic heterocycles. The van der Waals surface area contributed by atoms with Gasteiger partial charge < -0.3 is 23.3 Å². The largest absolute Gasteiger partial charge is 0.497 e. The van der Waals surface area contributed by atoms with Gasteiger partial charge in [-0.05, 0) is 57.1 Å². The lowest BCUT2D eigenvalue weighted by Gasteiger charge is -2.35. The first-order valence-electron chi connectivity index (χ1n) is 12.6. The van der Waals surface area contributed by atoms with Crippen LogP contribution < -0.4 is 4.74 Å². The second kappa shape index (κ2) is 15.6. The van der Waals surface area contributed by atoms with Gasteiger partial charge in [0.1, 0.15) is 17.3 Å². The summed E-state index contributed by atoms with van der Waals surface area (Å²) in [5, 5.41) is 0. The van der Waals surface area contributed by atoms with E-state index in [4.69, 9.17) is 23.3 Å². The molecule has 0 N–H and O–H groups in total. The van der Waals surface area contributed by atoms with Crippen molar-refractivity contribution in [3.8, 4) is 5.75 Å². The first-order chi connectivity index (χ1) is 16.9. The average Bonchev–Trinajstić information content (AvgIpc) is 2.75. The number of ketones is 2. The Morgan fingerprint density at radius 1 is 1.17 bits per heavy atom. The summed E-state index contributed by atoms with van der Waals surface area (Å²) in [4.78, 5) is 24.4. The van der Waals surface area contributed by atoms with E-state index in [9.17, 15) is 9.59 Å². The summed E-state index contributed by atoms with van der Waals surface area (Å²) in [6, 6.07) is 7.76. The van der Waals surface area contributed by atoms with Crippen molar-refractivity contribution >= 4 is 47.4 Å². The van der Waals surface area contributed by atoms with E-state index in [0.29, 0.717) is 51.7 Å². The lowest BCUT2D eigenvalue weighted by atomic mass is 9.94. The third kappa shape index (κ3) is 13.2. The van der Waals surface area contributed by atoms with Gasteiger partial charge in [0.05, 0.1) is 38.1 Å². The molecule has 202 valence electrons. The first-order valence-corrected chi connectivity index (χ1v) is 17.2. The van der Waals surface area contributed by atoms with Gasteiger partial charge in [-0.3, -0.25) is 9.59 Å². The summed E-state index contributed by atoms with van der Waals surface area (Å²) in [7, 11) is 2.29. The molecular weight excluding hydrogens is 514 g/mol. The molecule has 0 radical (unpaired) electrons. The smallest absolute Gasteiger partial charge is 0.380 e. The molecule has 1 aromatic rings. The lowest BCUT2D eigenvalue weighted by Crippen LogP contribution is -2.40. The number of ether oxygens (including phenoxy) is 3. The van der Waals surface area contributed by atoms with Crippen molar-refractivity contribution in [1.29, 1.82) is 0 Å². The van der Waals surface area contributed by atoms with Gasteiger partial charge in [0.25, 0.3) is 0 Å². The lowest BCUT2D eigenvalue weighted by molar-refractivity contribution is -0.141. The first kappa shape index (κ1) is 31.5. The summed E-state index contributed by atoms with van der Waals surface area (Å²) >= 11 is 4.25. The summed E-state index contributed by atoms with van der Waals surface area (Å²) in [5.74, 6) is 0.816. The highest BCUT2D eigenvalue weighted by Gasteiger charge is 2.33. The van der Waals surface area contributed by atoms with E-state index in [-0.39, 0.29) is 41.9 Å². The molecule has 1 aliphatic rings. The van der Waals surface area contributed by atoms with Gasteiger partial charge in [-0.25, -0.2) is 0 Å². The second-order valence-electron chi connectivity index (χ2n) is 10.4. The molecule has 0 aromatic heterocycles. The second-order valence-corrected chi connectivity index (χ2v) is 16.5. The van der Waals surface area contributed by atoms with Gasteiger partial charge in [-0.1, -0.05) is 12.1 Å². The van der Waals surface area contributed by atoms with Crippen LogP contribution >= 0.6 is 21.6 Å². The summed E-state index contributed by atoms with van der Waals surface area (Å²) in [6.45, 7) is 8.81. The number of hydrogen-bond acceptors (Lipinski definition) is 8. The predicted octanol–water partition coefficient (Wildman–Crippen LogP) is 4.87. The van der Waals surface area contributed by atoms with E-state index in [1.54, 1.807) is 14.0 Å². The van der Waals surface area contributed by atoms with Crippen molar-refractivity contribution in [2.24, 2.45) is 0 Å². The molecule has 0 saturated carbocycles. The molecule has 36 heavy (non-hydrogen) atoms. The molecular formula is C25H42BO7PSSi. The van der Waals surface area contributed by atoms with Gasteiger partial charge in [-0.15, -0.1) is 9.12 Å². The zero-order valence-electron chi connectivity index (χ0n) is 22.2. The number of carbonyl (C=O) groups is 2. The van der Waals surface area contributed by atoms with Crippen LogP contribution in [0.5, 0.6) is 5.75 Å². The van der Waals surface area contributed by atoms with Gasteiger partial charge in [0.15, 0.2) is 8.32 Å². The Bertz CT molecular complexity index is 822. The highest BCUT2D eigenvalue weighted by Crippen LogP contribution is 2.27. The zero-order valence-corrected chi connectivity index (χ0v) is 25.3. The van der Waals surface area contributed by atoms with Crippen molar-refractivity contribution in [3.63, 3.8) is 0 Å². The fourth-order valence-corrected chi connectivity index (χ4v) is 5.76. The van der Waals surface area contributed by atoms with Crippen molar-refractivity contribution in [1.82, 2.24) is 0 Å². The molecule has 11 heteroatoms. The monoisotopic (exact) mass is 556 g/mol. The highest BCUT2D eigenvalue weighted by atomic mass is 32.1. The maximum absolute atomic E-state index is 12.6. The molecule has 1 heterocycles. The van der Waals surface area contributed by atoms with Crippen molar-refractivity contribution < 1.29 is 32.9 Å². The van der Waals surface area contributed by atoms with Gasteiger partial charge in [0.2, 0.25) is 0 Å². The molecule has 2 rings (SSSR count). The van der Waals surface area contributed by atoms with E-state index >= 15 is 0 Å². The Labute approximate surface area is 225 Å². The van der Waals surface area contributed by atoms with Crippen LogP contribution in [0.25, 0.3) is 0 Å². The van der Waals surface area contributed by atoms with Crippen LogP contribution in [0.3, 0.4) is 0 Å². The third-order valence-electron chi connectivity index (χ3n) is 5.76. The Kier molecular flexibility index (Phi) is 13.7. The Morgan fingerprint density at radius 2 is 1.78 bits per heavy atom. The van der Waals surface area contributed by atoms with E-state index in [1.165, 1.54) is 0 Å². The van der Waals surface area contributed by atoms with E-state index in [0.717, 1.165) is 11.3 Å². The number of carbonyl (C=O) groups excluding carboxylic acids is 2. The number of benzene rings is 1. The molecule has 0 amide bonds. The van der Waals surface area contributed by atoms with Crippen LogP contribution in [0.1, 0.15) is 51.0 Å². The fraction of sp³-hybridized carbons (Fsp3) is 0.680. The molecule has 0 spiro atoms. The number of Topliss-reactive ketones (excluding diaryl/α,β-unsaturated/α-hetero) is 2. The van der Waals surface area contributed by atoms with Crippen molar-refractivity contribution in [2.75, 3.05) is 13.7 Å². The molecule has 7 nitrogen and oxygen atoms in total. The van der Waals surface area contributed by atoms with Gasteiger partial charge in [0, 0.05) is 32.3 Å². The molecule has 5 atom stereocenters. The number of thiol groups is 1. The van der Waals surface area contributed by atoms with E-state index in [2.05, 4.69) is 41.2 Å². The molecule has 1 aromatic carbocycles.